The van der Waals surface area contributed by atoms with E-state index in [-0.39, 0.29) is 5.69 Å². The molecule has 2 nitrogen and oxygen atoms in total. The van der Waals surface area contributed by atoms with Crippen LogP contribution in [0.25, 0.3) is 38.6 Å². The summed E-state index contributed by atoms with van der Waals surface area (Å²) in [6.07, 6.45) is 0. The highest BCUT2D eigenvalue weighted by atomic mass is 19.2. The van der Waals surface area contributed by atoms with Crippen LogP contribution < -0.4 is 0 Å². The van der Waals surface area contributed by atoms with E-state index in [1.54, 1.807) is 56.3 Å². The van der Waals surface area contributed by atoms with Crippen LogP contribution in [0, 0.1) is 49.6 Å². The Balaban J connectivity index is 2.01. The molecule has 0 atom stereocenters. The molecule has 162 valence electrons. The van der Waals surface area contributed by atoms with E-state index < -0.39 is 28.6 Å². The molecule has 0 radical (unpaired) electrons. The molecular weight excluding hydrogens is 421 g/mol. The minimum Gasteiger partial charge on any atom is -0.305 e. The molecule has 0 unspecified atom stereocenters. The predicted molar refractivity (Wildman–Crippen MR) is 125 cm³/mol. The number of hydrogen-bond acceptors (Lipinski definition) is 1. The van der Waals surface area contributed by atoms with Gasteiger partial charge in [0.25, 0.3) is 0 Å². The molecule has 0 aliphatic rings. The Morgan fingerprint density at radius 2 is 1.21 bits per heavy atom. The molecule has 5 aromatic rings. The van der Waals surface area contributed by atoms with Crippen molar-refractivity contribution in [3.05, 3.63) is 100 Å². The van der Waals surface area contributed by atoms with E-state index in [0.29, 0.717) is 27.7 Å². The molecule has 5 rings (SSSR count). The largest absolute Gasteiger partial charge is 0.305 e. The normalized spacial score (nSPS) is 11.3. The van der Waals surface area contributed by atoms with Gasteiger partial charge in [0.1, 0.15) is 17.3 Å². The van der Waals surface area contributed by atoms with E-state index in [1.807, 2.05) is 31.2 Å². The van der Waals surface area contributed by atoms with Gasteiger partial charge in [-0.2, -0.15) is 5.26 Å². The summed E-state index contributed by atoms with van der Waals surface area (Å²) in [5, 5.41) is 11.4. The highest BCUT2D eigenvalue weighted by Crippen LogP contribution is 2.41. The number of aryl methyl sites for hydroxylation is 3. The quantitative estimate of drug-likeness (QED) is 0.259. The average molecular weight is 440 g/mol. The lowest BCUT2D eigenvalue weighted by Gasteiger charge is -2.19. The van der Waals surface area contributed by atoms with Crippen molar-refractivity contribution in [2.75, 3.05) is 0 Å². The number of benzene rings is 4. The molecule has 0 saturated carbocycles. The second-order valence-corrected chi connectivity index (χ2v) is 8.30. The van der Waals surface area contributed by atoms with Crippen molar-refractivity contribution in [3.63, 3.8) is 0 Å². The summed E-state index contributed by atoms with van der Waals surface area (Å²) in [5.41, 5.74) is 2.27. The Morgan fingerprint density at radius 3 is 1.73 bits per heavy atom. The fraction of sp³-hybridized carbons (Fsp3) is 0.107. The van der Waals surface area contributed by atoms with Crippen LogP contribution in [0.15, 0.2) is 60.7 Å². The number of aromatic nitrogens is 1. The summed E-state index contributed by atoms with van der Waals surface area (Å²) in [4.78, 5) is 0. The van der Waals surface area contributed by atoms with Crippen molar-refractivity contribution in [2.45, 2.75) is 20.8 Å². The van der Waals surface area contributed by atoms with Crippen LogP contribution in [0.4, 0.5) is 13.2 Å². The molecule has 4 aromatic carbocycles. The lowest BCUT2D eigenvalue weighted by Crippen LogP contribution is -2.10. The highest BCUT2D eigenvalue weighted by molar-refractivity contribution is 6.09. The van der Waals surface area contributed by atoms with Crippen molar-refractivity contribution in [3.8, 4) is 22.9 Å². The fourth-order valence-electron chi connectivity index (χ4n) is 4.92. The SMILES string of the molecule is Cc1cc(C)c(-c2c(F)c(F)c(C#N)c(-n3c4ccccc4c4ccccc43)c2F)c(C)c1. The summed E-state index contributed by atoms with van der Waals surface area (Å²) in [6.45, 7) is 5.37. The van der Waals surface area contributed by atoms with E-state index in [1.165, 1.54) is 4.57 Å². The predicted octanol–water partition coefficient (Wildman–Crippen LogP) is 7.66. The molecule has 0 fully saturated rings. The lowest BCUT2D eigenvalue weighted by atomic mass is 9.91. The first kappa shape index (κ1) is 20.8. The topological polar surface area (TPSA) is 28.7 Å². The number of fused-ring (bicyclic) bond motifs is 3. The Kier molecular flexibility index (Phi) is 4.75. The molecular formula is C28H19F3N2. The maximum absolute atomic E-state index is 16.3. The van der Waals surface area contributed by atoms with E-state index in [0.717, 1.165) is 16.3 Å². The van der Waals surface area contributed by atoms with E-state index in [4.69, 9.17) is 0 Å². The van der Waals surface area contributed by atoms with Crippen molar-refractivity contribution >= 4 is 21.8 Å². The number of hydrogen-bond donors (Lipinski definition) is 0. The van der Waals surface area contributed by atoms with Crippen LogP contribution in [0.5, 0.6) is 0 Å². The molecule has 0 aliphatic carbocycles. The second-order valence-electron chi connectivity index (χ2n) is 8.30. The monoisotopic (exact) mass is 440 g/mol. The highest BCUT2D eigenvalue weighted by Gasteiger charge is 2.30. The molecule has 0 bridgehead atoms. The zero-order valence-electron chi connectivity index (χ0n) is 18.3. The summed E-state index contributed by atoms with van der Waals surface area (Å²) in [6, 6.07) is 19.9. The first-order valence-electron chi connectivity index (χ1n) is 10.5. The van der Waals surface area contributed by atoms with E-state index in [2.05, 4.69) is 0 Å². The van der Waals surface area contributed by atoms with E-state index in [9.17, 15) is 5.26 Å². The first-order valence-corrected chi connectivity index (χ1v) is 10.5. The molecule has 1 aromatic heterocycles. The van der Waals surface area contributed by atoms with Gasteiger partial charge < -0.3 is 4.57 Å². The Morgan fingerprint density at radius 1 is 0.697 bits per heavy atom. The third-order valence-corrected chi connectivity index (χ3v) is 6.14. The minimum absolute atomic E-state index is 0.289. The lowest BCUT2D eigenvalue weighted by molar-refractivity contribution is 0.495. The van der Waals surface area contributed by atoms with Crippen LogP contribution >= 0.6 is 0 Å². The number of nitrogens with zero attached hydrogens (tertiary/aromatic N) is 2. The van der Waals surface area contributed by atoms with Gasteiger partial charge in [-0.3, -0.25) is 0 Å². The Bertz CT molecular complexity index is 1560. The van der Waals surface area contributed by atoms with Gasteiger partial charge in [-0.15, -0.1) is 0 Å². The van der Waals surface area contributed by atoms with Crippen LogP contribution in [0.3, 0.4) is 0 Å². The van der Waals surface area contributed by atoms with Gasteiger partial charge in [0, 0.05) is 10.8 Å². The van der Waals surface area contributed by atoms with Crippen molar-refractivity contribution < 1.29 is 13.2 Å². The van der Waals surface area contributed by atoms with E-state index >= 15 is 13.2 Å². The van der Waals surface area contributed by atoms with Crippen LogP contribution in [0.2, 0.25) is 0 Å². The van der Waals surface area contributed by atoms with Crippen LogP contribution in [0.1, 0.15) is 22.3 Å². The Hall–Kier alpha value is -4.04. The summed E-state index contributed by atoms with van der Waals surface area (Å²) < 4.78 is 48.5. The van der Waals surface area contributed by atoms with Gasteiger partial charge >= 0.3 is 0 Å². The minimum atomic E-state index is -1.36. The standard InChI is InChI=1S/C28H19F3N2/c1-15-12-16(2)23(17(3)13-15)24-26(30)25(29)20(14-32)28(27(24)31)33-21-10-6-4-8-18(21)19-9-5-7-11-22(19)33/h4-13H,1-3H3. The maximum Gasteiger partial charge on any atom is 0.179 e. The zero-order valence-corrected chi connectivity index (χ0v) is 18.3. The zero-order chi connectivity index (χ0) is 23.4. The molecule has 0 N–H and O–H groups in total. The van der Waals surface area contributed by atoms with Crippen molar-refractivity contribution in [1.29, 1.82) is 5.26 Å². The molecule has 0 aliphatic heterocycles. The van der Waals surface area contributed by atoms with Gasteiger partial charge in [-0.1, -0.05) is 54.1 Å². The smallest absolute Gasteiger partial charge is 0.179 e. The van der Waals surface area contributed by atoms with Crippen LogP contribution in [-0.2, 0) is 0 Å². The second kappa shape index (κ2) is 7.53. The fourth-order valence-corrected chi connectivity index (χ4v) is 4.92. The van der Waals surface area contributed by atoms with Gasteiger partial charge in [-0.25, -0.2) is 13.2 Å². The van der Waals surface area contributed by atoms with Crippen molar-refractivity contribution in [2.24, 2.45) is 0 Å². The third-order valence-electron chi connectivity index (χ3n) is 6.14. The molecule has 33 heavy (non-hydrogen) atoms. The van der Waals surface area contributed by atoms with Crippen LogP contribution in [-0.4, -0.2) is 4.57 Å². The number of para-hydroxylation sites is 2. The first-order chi connectivity index (χ1) is 15.8. The Labute approximate surface area is 189 Å². The number of nitriles is 1. The summed E-state index contributed by atoms with van der Waals surface area (Å²) in [5.74, 6) is -3.68. The number of halogens is 3. The molecule has 0 amide bonds. The molecule has 0 saturated heterocycles. The van der Waals surface area contributed by atoms with Gasteiger partial charge in [0.2, 0.25) is 0 Å². The summed E-state index contributed by atoms with van der Waals surface area (Å²) >= 11 is 0. The average Bonchev–Trinajstić information content (AvgIpc) is 3.12. The van der Waals surface area contributed by atoms with Crippen molar-refractivity contribution in [1.82, 2.24) is 4.57 Å². The summed E-state index contributed by atoms with van der Waals surface area (Å²) in [7, 11) is 0. The molecule has 5 heteroatoms. The van der Waals surface area contributed by atoms with Gasteiger partial charge in [0.05, 0.1) is 16.6 Å². The number of rotatable bonds is 2. The molecule has 1 heterocycles. The van der Waals surface area contributed by atoms with Gasteiger partial charge in [-0.05, 0) is 49.6 Å². The van der Waals surface area contributed by atoms with Gasteiger partial charge in [0.15, 0.2) is 17.5 Å². The third kappa shape index (κ3) is 2.95. The maximum atomic E-state index is 16.3. The molecule has 0 spiro atoms.